The highest BCUT2D eigenvalue weighted by atomic mass is 16.5. The maximum atomic E-state index is 11.8. The van der Waals surface area contributed by atoms with E-state index < -0.39 is 18.2 Å². The number of aromatic nitrogens is 1. The van der Waals surface area contributed by atoms with E-state index in [0.717, 1.165) is 5.56 Å². The van der Waals surface area contributed by atoms with Crippen LogP contribution in [0.1, 0.15) is 18.4 Å². The molecule has 0 bridgehead atoms. The van der Waals surface area contributed by atoms with Crippen LogP contribution in [0.2, 0.25) is 0 Å². The van der Waals surface area contributed by atoms with Gasteiger partial charge in [0.1, 0.15) is 6.10 Å². The summed E-state index contributed by atoms with van der Waals surface area (Å²) in [6.07, 6.45) is 3.48. The molecule has 1 aliphatic heterocycles. The zero-order chi connectivity index (χ0) is 13.7. The number of carbonyl (C=O) groups is 2. The first-order valence-electron chi connectivity index (χ1n) is 6.21. The van der Waals surface area contributed by atoms with Gasteiger partial charge in [-0.25, -0.2) is 4.79 Å². The number of nitrogens with zero attached hydrogens (tertiary/aromatic N) is 1. The highest BCUT2D eigenvalue weighted by Gasteiger charge is 2.34. The SMILES string of the molecule is O=C(NCCc1cccnc1)[C@@H]1CC[C@H](C(=O)O)O1. The zero-order valence-electron chi connectivity index (χ0n) is 10.4. The van der Waals surface area contributed by atoms with E-state index >= 15 is 0 Å². The lowest BCUT2D eigenvalue weighted by atomic mass is 10.2. The van der Waals surface area contributed by atoms with Crippen molar-refractivity contribution in [2.45, 2.75) is 31.5 Å². The molecule has 1 fully saturated rings. The predicted molar refractivity (Wildman–Crippen MR) is 66.5 cm³/mol. The molecule has 0 radical (unpaired) electrons. The monoisotopic (exact) mass is 264 g/mol. The average molecular weight is 264 g/mol. The van der Waals surface area contributed by atoms with Crippen LogP contribution in [-0.2, 0) is 20.7 Å². The van der Waals surface area contributed by atoms with Crippen LogP contribution in [-0.4, -0.2) is 40.7 Å². The topological polar surface area (TPSA) is 88.5 Å². The van der Waals surface area contributed by atoms with E-state index in [1.165, 1.54) is 0 Å². The molecule has 0 aliphatic carbocycles. The summed E-state index contributed by atoms with van der Waals surface area (Å²) >= 11 is 0. The van der Waals surface area contributed by atoms with Crippen LogP contribution in [0.4, 0.5) is 0 Å². The molecule has 1 aromatic rings. The summed E-state index contributed by atoms with van der Waals surface area (Å²) in [5, 5.41) is 11.5. The van der Waals surface area contributed by atoms with Crippen molar-refractivity contribution in [1.29, 1.82) is 0 Å². The maximum Gasteiger partial charge on any atom is 0.332 e. The van der Waals surface area contributed by atoms with Crippen molar-refractivity contribution in [3.63, 3.8) is 0 Å². The van der Waals surface area contributed by atoms with Gasteiger partial charge < -0.3 is 15.2 Å². The Morgan fingerprint density at radius 3 is 2.84 bits per heavy atom. The van der Waals surface area contributed by atoms with E-state index in [4.69, 9.17) is 9.84 Å². The molecular weight excluding hydrogens is 248 g/mol. The van der Waals surface area contributed by atoms with E-state index in [2.05, 4.69) is 10.3 Å². The summed E-state index contributed by atoms with van der Waals surface area (Å²) in [6, 6.07) is 3.78. The molecule has 0 saturated carbocycles. The quantitative estimate of drug-likeness (QED) is 0.802. The van der Waals surface area contributed by atoms with Crippen LogP contribution in [0.15, 0.2) is 24.5 Å². The molecule has 1 aromatic heterocycles. The number of nitrogens with one attached hydrogen (secondary N) is 1. The average Bonchev–Trinajstić information content (AvgIpc) is 2.89. The van der Waals surface area contributed by atoms with Gasteiger partial charge in [-0.15, -0.1) is 0 Å². The number of hydrogen-bond acceptors (Lipinski definition) is 4. The lowest BCUT2D eigenvalue weighted by Gasteiger charge is -2.11. The molecule has 1 saturated heterocycles. The van der Waals surface area contributed by atoms with E-state index in [9.17, 15) is 9.59 Å². The lowest BCUT2D eigenvalue weighted by molar-refractivity contribution is -0.151. The molecule has 0 spiro atoms. The Morgan fingerprint density at radius 2 is 2.21 bits per heavy atom. The fraction of sp³-hybridized carbons (Fsp3) is 0.462. The van der Waals surface area contributed by atoms with Gasteiger partial charge in [0, 0.05) is 18.9 Å². The van der Waals surface area contributed by atoms with Gasteiger partial charge in [0.25, 0.3) is 0 Å². The van der Waals surface area contributed by atoms with Gasteiger partial charge in [-0.1, -0.05) is 6.07 Å². The molecule has 1 amide bonds. The highest BCUT2D eigenvalue weighted by Crippen LogP contribution is 2.19. The second kappa shape index (κ2) is 6.29. The standard InChI is InChI=1S/C13H16N2O4/c16-12(10-3-4-11(19-10)13(17)18)15-7-5-9-2-1-6-14-8-9/h1-2,6,8,10-11H,3-5,7H2,(H,15,16)(H,17,18)/t10-,11+/m0/s1. The van der Waals surface area contributed by atoms with Gasteiger partial charge >= 0.3 is 5.97 Å². The summed E-state index contributed by atoms with van der Waals surface area (Å²) in [7, 11) is 0. The summed E-state index contributed by atoms with van der Waals surface area (Å²) in [5.41, 5.74) is 1.04. The Kier molecular flexibility index (Phi) is 4.46. The Labute approximate surface area is 110 Å². The number of carboxylic acid groups (broad SMARTS) is 1. The predicted octanol–water partition coefficient (Wildman–Crippen LogP) is 0.372. The number of rotatable bonds is 5. The van der Waals surface area contributed by atoms with Crippen molar-refractivity contribution in [3.8, 4) is 0 Å². The Balaban J connectivity index is 1.72. The molecule has 2 atom stereocenters. The number of ether oxygens (including phenoxy) is 1. The molecular formula is C13H16N2O4. The largest absolute Gasteiger partial charge is 0.479 e. The molecule has 102 valence electrons. The van der Waals surface area contributed by atoms with Gasteiger partial charge in [0.05, 0.1) is 0 Å². The number of hydrogen-bond donors (Lipinski definition) is 2. The first kappa shape index (κ1) is 13.5. The molecule has 2 N–H and O–H groups in total. The van der Waals surface area contributed by atoms with Crippen LogP contribution in [0.3, 0.4) is 0 Å². The third kappa shape index (κ3) is 3.75. The van der Waals surface area contributed by atoms with Gasteiger partial charge in [-0.3, -0.25) is 9.78 Å². The third-order valence-electron chi connectivity index (χ3n) is 3.02. The number of carboxylic acids is 1. The van der Waals surface area contributed by atoms with Gasteiger partial charge in [0.15, 0.2) is 6.10 Å². The van der Waals surface area contributed by atoms with Crippen LogP contribution < -0.4 is 5.32 Å². The third-order valence-corrected chi connectivity index (χ3v) is 3.02. The second-order valence-corrected chi connectivity index (χ2v) is 4.43. The fourth-order valence-corrected chi connectivity index (χ4v) is 2.00. The molecule has 0 unspecified atom stereocenters. The van der Waals surface area contributed by atoms with Crippen molar-refractivity contribution >= 4 is 11.9 Å². The Bertz CT molecular complexity index is 449. The Hall–Kier alpha value is -1.95. The van der Waals surface area contributed by atoms with Crippen LogP contribution in [0, 0.1) is 0 Å². The lowest BCUT2D eigenvalue weighted by Crippen LogP contribution is -2.36. The number of carbonyl (C=O) groups excluding carboxylic acids is 1. The number of amides is 1. The molecule has 6 heteroatoms. The smallest absolute Gasteiger partial charge is 0.332 e. The zero-order valence-corrected chi connectivity index (χ0v) is 10.4. The number of aliphatic carboxylic acids is 1. The van der Waals surface area contributed by atoms with Crippen molar-refractivity contribution in [2.24, 2.45) is 0 Å². The van der Waals surface area contributed by atoms with Gasteiger partial charge in [0.2, 0.25) is 5.91 Å². The minimum Gasteiger partial charge on any atom is -0.479 e. The van der Waals surface area contributed by atoms with Crippen LogP contribution in [0.25, 0.3) is 0 Å². The first-order valence-corrected chi connectivity index (χ1v) is 6.21. The molecule has 6 nitrogen and oxygen atoms in total. The van der Waals surface area contributed by atoms with Gasteiger partial charge in [-0.05, 0) is 30.9 Å². The van der Waals surface area contributed by atoms with Crippen molar-refractivity contribution in [2.75, 3.05) is 6.54 Å². The normalized spacial score (nSPS) is 22.1. The van der Waals surface area contributed by atoms with E-state index in [1.807, 2.05) is 12.1 Å². The minimum atomic E-state index is -1.01. The Morgan fingerprint density at radius 1 is 1.42 bits per heavy atom. The molecule has 2 rings (SSSR count). The van der Waals surface area contributed by atoms with Gasteiger partial charge in [-0.2, -0.15) is 0 Å². The minimum absolute atomic E-state index is 0.243. The van der Waals surface area contributed by atoms with Crippen molar-refractivity contribution in [3.05, 3.63) is 30.1 Å². The number of pyridine rings is 1. The highest BCUT2D eigenvalue weighted by molar-refractivity contribution is 5.82. The van der Waals surface area contributed by atoms with E-state index in [1.54, 1.807) is 12.4 Å². The maximum absolute atomic E-state index is 11.8. The van der Waals surface area contributed by atoms with E-state index in [0.29, 0.717) is 25.8 Å². The summed E-state index contributed by atoms with van der Waals surface area (Å²) in [6.45, 7) is 0.488. The fourth-order valence-electron chi connectivity index (χ4n) is 2.00. The summed E-state index contributed by atoms with van der Waals surface area (Å²) in [5.74, 6) is -1.25. The van der Waals surface area contributed by atoms with Crippen molar-refractivity contribution < 1.29 is 19.4 Å². The van der Waals surface area contributed by atoms with Crippen LogP contribution in [0.5, 0.6) is 0 Å². The summed E-state index contributed by atoms with van der Waals surface area (Å²) < 4.78 is 5.16. The second-order valence-electron chi connectivity index (χ2n) is 4.43. The van der Waals surface area contributed by atoms with Crippen molar-refractivity contribution in [1.82, 2.24) is 10.3 Å². The van der Waals surface area contributed by atoms with Crippen LogP contribution >= 0.6 is 0 Å². The molecule has 0 aromatic carbocycles. The first-order chi connectivity index (χ1) is 9.16. The summed E-state index contributed by atoms with van der Waals surface area (Å²) in [4.78, 5) is 26.5. The molecule has 2 heterocycles. The molecule has 1 aliphatic rings. The molecule has 19 heavy (non-hydrogen) atoms. The van der Waals surface area contributed by atoms with E-state index in [-0.39, 0.29) is 5.91 Å².